The molecule has 3 N–H and O–H groups in total. The number of hydrogen-bond acceptors (Lipinski definition) is 6. The van der Waals surface area contributed by atoms with E-state index in [1.54, 1.807) is 31.2 Å². The molecule has 0 fully saturated rings. The molecule has 7 heteroatoms. The van der Waals surface area contributed by atoms with Crippen molar-refractivity contribution in [2.75, 3.05) is 5.32 Å². The second kappa shape index (κ2) is 8.57. The van der Waals surface area contributed by atoms with Crippen LogP contribution in [0.1, 0.15) is 35.0 Å². The molecular formula is C19H18N2O5. The van der Waals surface area contributed by atoms with Crippen molar-refractivity contribution in [1.29, 1.82) is 5.41 Å². The van der Waals surface area contributed by atoms with E-state index in [4.69, 9.17) is 9.83 Å². The van der Waals surface area contributed by atoms with E-state index in [9.17, 15) is 19.5 Å². The third kappa shape index (κ3) is 4.76. The predicted octanol–water partition coefficient (Wildman–Crippen LogP) is 2.78. The molecule has 0 aliphatic rings. The summed E-state index contributed by atoms with van der Waals surface area (Å²) >= 11 is 0. The average Bonchev–Trinajstić information content (AvgIpc) is 2.59. The Bertz CT molecular complexity index is 928. The highest BCUT2D eigenvalue weighted by Gasteiger charge is 2.16. The summed E-state index contributed by atoms with van der Waals surface area (Å²) in [5.74, 6) is -1.13. The monoisotopic (exact) mass is 354 g/mol. The van der Waals surface area contributed by atoms with Crippen LogP contribution in [0.15, 0.2) is 45.6 Å². The quantitative estimate of drug-likeness (QED) is 0.401. The largest absolute Gasteiger partial charge is 0.507 e. The summed E-state index contributed by atoms with van der Waals surface area (Å²) in [5.41, 5.74) is -0.181. The lowest BCUT2D eigenvalue weighted by Gasteiger charge is -2.04. The van der Waals surface area contributed by atoms with Crippen molar-refractivity contribution in [1.82, 2.24) is 0 Å². The topological polar surface area (TPSA) is 120 Å². The molecule has 0 saturated carbocycles. The molecule has 0 saturated heterocycles. The number of nitrogens with one attached hydrogen (secondary N) is 2. The smallest absolute Gasteiger partial charge is 0.351 e. The molecule has 0 unspecified atom stereocenters. The summed E-state index contributed by atoms with van der Waals surface area (Å²) in [5, 5.41) is 19.4. The van der Waals surface area contributed by atoms with Crippen LogP contribution in [-0.2, 0) is 11.2 Å². The van der Waals surface area contributed by atoms with Crippen LogP contribution in [0.4, 0.5) is 5.69 Å². The number of carbonyl (C=O) groups is 2. The number of allylic oxidation sites excluding steroid dienone is 1. The number of ketones is 1. The van der Waals surface area contributed by atoms with Crippen molar-refractivity contribution >= 4 is 29.7 Å². The van der Waals surface area contributed by atoms with Crippen molar-refractivity contribution in [2.24, 2.45) is 0 Å². The predicted molar refractivity (Wildman–Crippen MR) is 97.9 cm³/mol. The van der Waals surface area contributed by atoms with Gasteiger partial charge in [0.25, 0.3) is 0 Å². The molecule has 26 heavy (non-hydrogen) atoms. The zero-order valence-electron chi connectivity index (χ0n) is 14.1. The fourth-order valence-corrected chi connectivity index (χ4v) is 2.21. The van der Waals surface area contributed by atoms with Gasteiger partial charge in [-0.05, 0) is 23.8 Å². The molecule has 7 nitrogen and oxygen atoms in total. The van der Waals surface area contributed by atoms with Gasteiger partial charge in [0.15, 0.2) is 5.78 Å². The number of benzene rings is 1. The van der Waals surface area contributed by atoms with Gasteiger partial charge >= 0.3 is 5.63 Å². The molecule has 0 atom stereocenters. The molecule has 1 amide bonds. The normalized spacial score (nSPS) is 10.7. The number of carbonyl (C=O) groups excluding carboxylic acids is 2. The SMILES string of the molecule is CCc1cc(O)c(C(=O)/C=C/c2cccc(NC(=O)CC=N)c2)c(=O)o1. The first-order valence-corrected chi connectivity index (χ1v) is 7.91. The number of hydrogen-bond donors (Lipinski definition) is 3. The fourth-order valence-electron chi connectivity index (χ4n) is 2.21. The van der Waals surface area contributed by atoms with Crippen molar-refractivity contribution in [3.05, 3.63) is 63.7 Å². The van der Waals surface area contributed by atoms with Crippen LogP contribution in [0.25, 0.3) is 6.08 Å². The van der Waals surface area contributed by atoms with E-state index in [0.717, 1.165) is 12.3 Å². The second-order valence-corrected chi connectivity index (χ2v) is 5.39. The molecule has 0 radical (unpaired) electrons. The summed E-state index contributed by atoms with van der Waals surface area (Å²) in [6.07, 6.45) is 4.00. The van der Waals surface area contributed by atoms with E-state index in [0.29, 0.717) is 23.4 Å². The zero-order chi connectivity index (χ0) is 19.1. The summed E-state index contributed by atoms with van der Waals surface area (Å²) in [4.78, 5) is 35.6. The van der Waals surface area contributed by atoms with Crippen LogP contribution >= 0.6 is 0 Å². The standard InChI is InChI=1S/C19H18N2O5/c1-2-14-11-16(23)18(19(25)26-14)15(22)7-6-12-4-3-5-13(10-12)21-17(24)8-9-20/h3-7,9-11,20,23H,2,8H2,1H3,(H,21,24)/b7-6+,20-9?. The number of anilines is 1. The van der Waals surface area contributed by atoms with Gasteiger partial charge in [0, 0.05) is 24.4 Å². The maximum Gasteiger partial charge on any atom is 0.351 e. The van der Waals surface area contributed by atoms with Crippen LogP contribution in [0, 0.1) is 5.41 Å². The Labute approximate surface area is 149 Å². The van der Waals surface area contributed by atoms with Crippen LogP contribution in [0.2, 0.25) is 0 Å². The number of aromatic hydroxyl groups is 1. The van der Waals surface area contributed by atoms with E-state index in [2.05, 4.69) is 5.32 Å². The zero-order valence-corrected chi connectivity index (χ0v) is 14.1. The van der Waals surface area contributed by atoms with Crippen molar-refractivity contribution in [2.45, 2.75) is 19.8 Å². The third-order valence-corrected chi connectivity index (χ3v) is 3.46. The average molecular weight is 354 g/mol. The molecule has 2 rings (SSSR count). The summed E-state index contributed by atoms with van der Waals surface area (Å²) in [6.45, 7) is 1.76. The van der Waals surface area contributed by atoms with Gasteiger partial charge in [-0.15, -0.1) is 0 Å². The summed E-state index contributed by atoms with van der Waals surface area (Å²) < 4.78 is 4.96. The van der Waals surface area contributed by atoms with Gasteiger partial charge in [-0.2, -0.15) is 0 Å². The van der Waals surface area contributed by atoms with Gasteiger partial charge in [-0.3, -0.25) is 9.59 Å². The van der Waals surface area contributed by atoms with Crippen molar-refractivity contribution in [3.8, 4) is 5.75 Å². The Morgan fingerprint density at radius 2 is 2.08 bits per heavy atom. The van der Waals surface area contributed by atoms with Crippen LogP contribution in [0.3, 0.4) is 0 Å². The summed E-state index contributed by atoms with van der Waals surface area (Å²) in [6, 6.07) is 7.95. The van der Waals surface area contributed by atoms with Gasteiger partial charge in [-0.1, -0.05) is 25.1 Å². The molecule has 1 aromatic heterocycles. The highest BCUT2D eigenvalue weighted by atomic mass is 16.4. The molecule has 0 aliphatic heterocycles. The van der Waals surface area contributed by atoms with Gasteiger partial charge in [-0.25, -0.2) is 4.79 Å². The van der Waals surface area contributed by atoms with Crippen LogP contribution in [0.5, 0.6) is 5.75 Å². The molecular weight excluding hydrogens is 336 g/mol. The maximum absolute atomic E-state index is 12.2. The number of aryl methyl sites for hydroxylation is 1. The molecule has 1 heterocycles. The van der Waals surface area contributed by atoms with E-state index in [1.807, 2.05) is 0 Å². The molecule has 1 aromatic carbocycles. The van der Waals surface area contributed by atoms with E-state index >= 15 is 0 Å². The Balaban J connectivity index is 2.20. The minimum atomic E-state index is -0.885. The van der Waals surface area contributed by atoms with Crippen LogP contribution < -0.4 is 10.9 Å². The first-order chi connectivity index (χ1) is 12.4. The Morgan fingerprint density at radius 3 is 2.73 bits per heavy atom. The molecule has 0 spiro atoms. The Morgan fingerprint density at radius 1 is 1.31 bits per heavy atom. The fraction of sp³-hybridized carbons (Fsp3) is 0.158. The first kappa shape index (κ1) is 18.9. The molecule has 2 aromatic rings. The van der Waals surface area contributed by atoms with Crippen molar-refractivity contribution < 1.29 is 19.1 Å². The minimum absolute atomic E-state index is 0.0264. The Hall–Kier alpha value is -3.48. The maximum atomic E-state index is 12.2. The van der Waals surface area contributed by atoms with Gasteiger partial charge in [0.2, 0.25) is 5.91 Å². The van der Waals surface area contributed by atoms with Crippen molar-refractivity contribution in [3.63, 3.8) is 0 Å². The molecule has 134 valence electrons. The van der Waals surface area contributed by atoms with Gasteiger partial charge in [0.1, 0.15) is 17.1 Å². The summed E-state index contributed by atoms with van der Waals surface area (Å²) in [7, 11) is 0. The van der Waals surface area contributed by atoms with Gasteiger partial charge in [0.05, 0.1) is 6.42 Å². The number of amides is 1. The Kier molecular flexibility index (Phi) is 6.21. The first-order valence-electron chi connectivity index (χ1n) is 7.91. The minimum Gasteiger partial charge on any atom is -0.507 e. The van der Waals surface area contributed by atoms with E-state index in [-0.39, 0.29) is 12.3 Å². The van der Waals surface area contributed by atoms with Gasteiger partial charge < -0.3 is 20.2 Å². The second-order valence-electron chi connectivity index (χ2n) is 5.39. The van der Waals surface area contributed by atoms with E-state index < -0.39 is 22.7 Å². The lowest BCUT2D eigenvalue weighted by Crippen LogP contribution is -2.13. The lowest BCUT2D eigenvalue weighted by molar-refractivity contribution is -0.115. The van der Waals surface area contributed by atoms with Crippen LogP contribution in [-0.4, -0.2) is 23.0 Å². The highest BCUT2D eigenvalue weighted by Crippen LogP contribution is 2.17. The lowest BCUT2D eigenvalue weighted by atomic mass is 10.1. The molecule has 0 bridgehead atoms. The van der Waals surface area contributed by atoms with E-state index in [1.165, 1.54) is 12.1 Å². The third-order valence-electron chi connectivity index (χ3n) is 3.46. The molecule has 0 aliphatic carbocycles. The number of rotatable bonds is 7. The highest BCUT2D eigenvalue weighted by molar-refractivity contribution is 6.08.